The van der Waals surface area contributed by atoms with Gasteiger partial charge in [0.1, 0.15) is 11.3 Å². The Bertz CT molecular complexity index is 768. The van der Waals surface area contributed by atoms with E-state index in [1.807, 2.05) is 6.92 Å². The first kappa shape index (κ1) is 19.0. The lowest BCUT2D eigenvalue weighted by Gasteiger charge is -2.58. The zero-order valence-electron chi connectivity index (χ0n) is 17.2. The van der Waals surface area contributed by atoms with E-state index in [1.54, 1.807) is 0 Å². The van der Waals surface area contributed by atoms with Crippen LogP contribution in [0.5, 0.6) is 5.75 Å². The van der Waals surface area contributed by atoms with E-state index >= 15 is 0 Å². The molecule has 1 aromatic rings. The zero-order chi connectivity index (χ0) is 19.7. The summed E-state index contributed by atoms with van der Waals surface area (Å²) in [7, 11) is 3.26. The normalized spacial score (nSPS) is 32.0. The number of hydrogen-bond acceptors (Lipinski definition) is 2. The van der Waals surface area contributed by atoms with E-state index < -0.39 is 5.97 Å². The minimum atomic E-state index is -0.893. The minimum absolute atomic E-state index is 0.0654. The lowest BCUT2D eigenvalue weighted by molar-refractivity contribution is -0.00663. The number of hydrogen-bond donors (Lipinski definition) is 1. The average Bonchev–Trinajstić information content (AvgIpc) is 2.53. The Hall–Kier alpha value is -1.29. The molecule has 3 radical (unpaired) electrons. The van der Waals surface area contributed by atoms with Crippen molar-refractivity contribution in [3.63, 3.8) is 0 Å². The lowest BCUT2D eigenvalue weighted by atomic mass is 9.47. The summed E-state index contributed by atoms with van der Waals surface area (Å²) in [5.74, 6) is 2.05. The molecule has 1 aromatic carbocycles. The van der Waals surface area contributed by atoms with E-state index in [-0.39, 0.29) is 10.8 Å². The molecule has 4 aliphatic rings. The van der Waals surface area contributed by atoms with Crippen LogP contribution in [0.3, 0.4) is 0 Å². The van der Waals surface area contributed by atoms with Crippen molar-refractivity contribution in [2.45, 2.75) is 84.0 Å². The van der Waals surface area contributed by atoms with Crippen LogP contribution in [-0.4, -0.2) is 21.6 Å². The third-order valence-electron chi connectivity index (χ3n) is 7.65. The second-order valence-electron chi connectivity index (χ2n) is 10.6. The van der Waals surface area contributed by atoms with Crippen LogP contribution >= 0.6 is 0 Å². The Balaban J connectivity index is 2.06. The first-order chi connectivity index (χ1) is 12.6. The van der Waals surface area contributed by atoms with Gasteiger partial charge in [-0.05, 0) is 92.2 Å². The molecule has 27 heavy (non-hydrogen) atoms. The van der Waals surface area contributed by atoms with Gasteiger partial charge in [0.15, 0.2) is 0 Å². The standard InChI is InChI=1S/C23H31O3Si/c1-12-13(2)18(22(3,4)5)19(20(26-27)17(12)21(24)25)23-9-14-6-15(10-23)8-16(7-14)11-23/h14-16H,6-11H2,1-5H3,(H,24,25). The van der Waals surface area contributed by atoms with Crippen molar-refractivity contribution >= 4 is 16.5 Å². The zero-order valence-corrected chi connectivity index (χ0v) is 18.2. The molecule has 145 valence electrons. The molecular formula is C23H31O3Si. The van der Waals surface area contributed by atoms with Gasteiger partial charge in [-0.15, -0.1) is 0 Å². The van der Waals surface area contributed by atoms with Crippen LogP contribution in [0.1, 0.15) is 91.9 Å². The third-order valence-corrected chi connectivity index (χ3v) is 7.86. The number of carbonyl (C=O) groups is 1. The van der Waals surface area contributed by atoms with Gasteiger partial charge in [-0.25, -0.2) is 4.79 Å². The van der Waals surface area contributed by atoms with E-state index in [0.29, 0.717) is 11.3 Å². The first-order valence-electron chi connectivity index (χ1n) is 10.3. The highest BCUT2D eigenvalue weighted by Crippen LogP contribution is 2.63. The van der Waals surface area contributed by atoms with Gasteiger partial charge in [0, 0.05) is 11.0 Å². The van der Waals surface area contributed by atoms with Gasteiger partial charge in [0.2, 0.25) is 0 Å². The van der Waals surface area contributed by atoms with E-state index in [1.165, 1.54) is 49.7 Å². The molecule has 0 saturated heterocycles. The topological polar surface area (TPSA) is 46.5 Å². The summed E-state index contributed by atoms with van der Waals surface area (Å²) in [6.45, 7) is 10.8. The van der Waals surface area contributed by atoms with Crippen LogP contribution in [0.4, 0.5) is 0 Å². The van der Waals surface area contributed by atoms with Crippen molar-refractivity contribution in [3.8, 4) is 5.75 Å². The van der Waals surface area contributed by atoms with Crippen LogP contribution in [0, 0.1) is 31.6 Å². The van der Waals surface area contributed by atoms with Gasteiger partial charge in [0.05, 0.1) is 0 Å². The molecular weight excluding hydrogens is 352 g/mol. The highest BCUT2D eigenvalue weighted by molar-refractivity contribution is 6.03. The molecule has 1 N–H and O–H groups in total. The van der Waals surface area contributed by atoms with E-state index in [4.69, 9.17) is 4.43 Å². The molecule has 0 amide bonds. The molecule has 4 fully saturated rings. The van der Waals surface area contributed by atoms with Crippen molar-refractivity contribution in [3.05, 3.63) is 27.8 Å². The molecule has 0 atom stereocenters. The maximum atomic E-state index is 12.2. The summed E-state index contributed by atoms with van der Waals surface area (Å²) in [6.07, 6.45) is 7.66. The molecule has 4 heteroatoms. The maximum Gasteiger partial charge on any atom is 0.341 e. The quantitative estimate of drug-likeness (QED) is 0.727. The second-order valence-corrected chi connectivity index (χ2v) is 10.8. The molecule has 4 bridgehead atoms. The largest absolute Gasteiger partial charge is 0.540 e. The lowest BCUT2D eigenvalue weighted by Crippen LogP contribution is -2.49. The third kappa shape index (κ3) is 2.78. The Morgan fingerprint density at radius 1 is 1.04 bits per heavy atom. The van der Waals surface area contributed by atoms with Gasteiger partial charge >= 0.3 is 16.5 Å². The van der Waals surface area contributed by atoms with Crippen LogP contribution < -0.4 is 4.43 Å². The van der Waals surface area contributed by atoms with Crippen molar-refractivity contribution in [2.75, 3.05) is 0 Å². The molecule has 0 aromatic heterocycles. The fraction of sp³-hybridized carbons (Fsp3) is 0.696. The van der Waals surface area contributed by atoms with Gasteiger partial charge in [0.25, 0.3) is 0 Å². The number of carboxylic acid groups (broad SMARTS) is 1. The monoisotopic (exact) mass is 383 g/mol. The summed E-state index contributed by atoms with van der Waals surface area (Å²) >= 11 is 0. The summed E-state index contributed by atoms with van der Waals surface area (Å²) < 4.78 is 5.72. The first-order valence-corrected chi connectivity index (χ1v) is 10.7. The Labute approximate surface area is 166 Å². The van der Waals surface area contributed by atoms with Gasteiger partial charge < -0.3 is 9.53 Å². The SMILES string of the molecule is Cc1c(C)c(C(C)(C)C)c(C23CC4CC(CC(C4)C2)C3)c(O[Si])c1C(=O)O. The Morgan fingerprint density at radius 3 is 1.89 bits per heavy atom. The van der Waals surface area contributed by atoms with Crippen molar-refractivity contribution < 1.29 is 14.3 Å². The summed E-state index contributed by atoms with van der Waals surface area (Å²) in [6, 6.07) is 0. The van der Waals surface area contributed by atoms with Gasteiger partial charge in [-0.1, -0.05) is 20.8 Å². The molecule has 5 rings (SSSR count). The predicted octanol–water partition coefficient (Wildman–Crippen LogP) is 5.23. The summed E-state index contributed by atoms with van der Waals surface area (Å²) in [5.41, 5.74) is 4.80. The van der Waals surface area contributed by atoms with Crippen LogP contribution in [0.15, 0.2) is 0 Å². The van der Waals surface area contributed by atoms with Gasteiger partial charge in [-0.3, -0.25) is 0 Å². The van der Waals surface area contributed by atoms with Crippen molar-refractivity contribution in [2.24, 2.45) is 17.8 Å². The number of benzene rings is 1. The molecule has 3 nitrogen and oxygen atoms in total. The summed E-state index contributed by atoms with van der Waals surface area (Å²) in [5, 5.41) is 10.0. The second kappa shape index (κ2) is 6.10. The molecule has 4 aliphatic carbocycles. The maximum absolute atomic E-state index is 12.2. The fourth-order valence-corrected chi connectivity index (χ4v) is 7.40. The number of aromatic carboxylic acids is 1. The molecule has 4 saturated carbocycles. The molecule has 0 unspecified atom stereocenters. The number of carboxylic acids is 1. The van der Waals surface area contributed by atoms with E-state index in [9.17, 15) is 9.90 Å². The fourth-order valence-electron chi connectivity index (χ4n) is 7.19. The van der Waals surface area contributed by atoms with Crippen LogP contribution in [0.2, 0.25) is 0 Å². The molecule has 0 aliphatic heterocycles. The minimum Gasteiger partial charge on any atom is -0.540 e. The Morgan fingerprint density at radius 2 is 1.52 bits per heavy atom. The van der Waals surface area contributed by atoms with E-state index in [0.717, 1.165) is 28.9 Å². The highest BCUT2D eigenvalue weighted by Gasteiger charge is 2.54. The van der Waals surface area contributed by atoms with Crippen LogP contribution in [-0.2, 0) is 10.8 Å². The smallest absolute Gasteiger partial charge is 0.341 e. The summed E-state index contributed by atoms with van der Waals surface area (Å²) in [4.78, 5) is 12.2. The molecule has 0 heterocycles. The number of rotatable bonds is 3. The van der Waals surface area contributed by atoms with Gasteiger partial charge in [-0.2, -0.15) is 0 Å². The van der Waals surface area contributed by atoms with Crippen molar-refractivity contribution in [1.29, 1.82) is 0 Å². The average molecular weight is 384 g/mol. The van der Waals surface area contributed by atoms with Crippen molar-refractivity contribution in [1.82, 2.24) is 0 Å². The Kier molecular flexibility index (Phi) is 4.30. The predicted molar refractivity (Wildman–Crippen MR) is 108 cm³/mol. The van der Waals surface area contributed by atoms with E-state index in [2.05, 4.69) is 38.2 Å². The highest BCUT2D eigenvalue weighted by atomic mass is 28.2. The van der Waals surface area contributed by atoms with Crippen LogP contribution in [0.25, 0.3) is 0 Å². The molecule has 0 spiro atoms.